The number of anilines is 2. The number of fused-ring (bicyclic) bond motifs is 1. The van der Waals surface area contributed by atoms with Gasteiger partial charge in [0.25, 0.3) is 0 Å². The zero-order valence-corrected chi connectivity index (χ0v) is 13.1. The highest BCUT2D eigenvalue weighted by Crippen LogP contribution is 2.28. The quantitative estimate of drug-likeness (QED) is 0.734. The maximum Gasteiger partial charge on any atom is 0.163 e. The largest absolute Gasteiger partial charge is 0.399 e. The Bertz CT molecular complexity index is 834. The van der Waals surface area contributed by atoms with Crippen LogP contribution in [-0.4, -0.2) is 40.8 Å². The molecule has 2 aromatic heterocycles. The number of aryl methyl sites for hydroxylation is 1. The van der Waals surface area contributed by atoms with E-state index in [0.29, 0.717) is 0 Å². The van der Waals surface area contributed by atoms with Gasteiger partial charge in [0, 0.05) is 37.6 Å². The average Bonchev–Trinajstić information content (AvgIpc) is 2.97. The van der Waals surface area contributed by atoms with Crippen LogP contribution in [0.1, 0.15) is 0 Å². The smallest absolute Gasteiger partial charge is 0.163 e. The first-order valence-electron chi connectivity index (χ1n) is 7.74. The number of nitrogens with zero attached hydrogens (tertiary/aromatic N) is 4. The van der Waals surface area contributed by atoms with Crippen molar-refractivity contribution < 1.29 is 4.74 Å². The number of hydrogen-bond donors (Lipinski definition) is 1. The molecule has 0 spiro atoms. The number of ether oxygens (including phenoxy) is 1. The van der Waals surface area contributed by atoms with E-state index in [9.17, 15) is 0 Å². The molecule has 1 aromatic carbocycles. The topological polar surface area (TPSA) is 69.2 Å². The van der Waals surface area contributed by atoms with E-state index in [1.807, 2.05) is 42.1 Å². The van der Waals surface area contributed by atoms with Crippen LogP contribution in [0.25, 0.3) is 22.4 Å². The van der Waals surface area contributed by atoms with Crippen molar-refractivity contribution in [3.63, 3.8) is 0 Å². The first kappa shape index (κ1) is 14.0. The second-order valence-corrected chi connectivity index (χ2v) is 5.76. The molecule has 6 heteroatoms. The standard InChI is InChI=1S/C17H19N5O/c1-21-7-6-14-16(21)19-15(12-2-4-13(18)5-3-12)20-17(14)22-8-10-23-11-9-22/h2-7H,8-11,18H2,1H3. The van der Waals surface area contributed by atoms with E-state index in [-0.39, 0.29) is 0 Å². The fourth-order valence-electron chi connectivity index (χ4n) is 2.90. The molecule has 1 fully saturated rings. The Morgan fingerprint density at radius 3 is 2.52 bits per heavy atom. The van der Waals surface area contributed by atoms with Crippen molar-refractivity contribution in [1.29, 1.82) is 0 Å². The fourth-order valence-corrected chi connectivity index (χ4v) is 2.90. The van der Waals surface area contributed by atoms with E-state index >= 15 is 0 Å². The summed E-state index contributed by atoms with van der Waals surface area (Å²) in [5.74, 6) is 1.70. The number of nitrogens with two attached hydrogens (primary N) is 1. The normalized spacial score (nSPS) is 15.3. The van der Waals surface area contributed by atoms with Crippen molar-refractivity contribution in [2.24, 2.45) is 7.05 Å². The van der Waals surface area contributed by atoms with E-state index in [1.54, 1.807) is 0 Å². The molecule has 0 unspecified atom stereocenters. The summed E-state index contributed by atoms with van der Waals surface area (Å²) in [5, 5.41) is 1.08. The molecule has 1 saturated heterocycles. The molecule has 2 N–H and O–H groups in total. The van der Waals surface area contributed by atoms with Gasteiger partial charge in [0.15, 0.2) is 5.82 Å². The highest BCUT2D eigenvalue weighted by molar-refractivity contribution is 5.89. The summed E-state index contributed by atoms with van der Waals surface area (Å²) >= 11 is 0. The molecule has 0 bridgehead atoms. The number of hydrogen-bond acceptors (Lipinski definition) is 5. The minimum atomic E-state index is 0.723. The Labute approximate surface area is 134 Å². The van der Waals surface area contributed by atoms with Crippen molar-refractivity contribution >= 4 is 22.5 Å². The lowest BCUT2D eigenvalue weighted by Crippen LogP contribution is -2.37. The third kappa shape index (κ3) is 2.51. The summed E-state index contributed by atoms with van der Waals surface area (Å²) in [7, 11) is 2.01. The minimum Gasteiger partial charge on any atom is -0.399 e. The molecule has 0 amide bonds. The predicted molar refractivity (Wildman–Crippen MR) is 91.4 cm³/mol. The molecule has 0 aliphatic carbocycles. The third-order valence-corrected chi connectivity index (χ3v) is 4.18. The van der Waals surface area contributed by atoms with E-state index in [2.05, 4.69) is 11.0 Å². The molecule has 118 valence electrons. The van der Waals surface area contributed by atoms with E-state index in [0.717, 1.165) is 60.2 Å². The average molecular weight is 309 g/mol. The van der Waals surface area contributed by atoms with Crippen molar-refractivity contribution in [3.8, 4) is 11.4 Å². The highest BCUT2D eigenvalue weighted by Gasteiger charge is 2.19. The summed E-state index contributed by atoms with van der Waals surface area (Å²) in [6, 6.07) is 9.75. The second-order valence-electron chi connectivity index (χ2n) is 5.76. The number of rotatable bonds is 2. The van der Waals surface area contributed by atoms with Gasteiger partial charge in [-0.1, -0.05) is 0 Å². The van der Waals surface area contributed by atoms with Crippen molar-refractivity contribution in [1.82, 2.24) is 14.5 Å². The molecule has 1 aliphatic rings. The van der Waals surface area contributed by atoms with Gasteiger partial charge in [-0.15, -0.1) is 0 Å². The van der Waals surface area contributed by atoms with Gasteiger partial charge in [-0.05, 0) is 30.3 Å². The second kappa shape index (κ2) is 5.55. The van der Waals surface area contributed by atoms with Gasteiger partial charge in [0.2, 0.25) is 0 Å². The highest BCUT2D eigenvalue weighted by atomic mass is 16.5. The van der Waals surface area contributed by atoms with Crippen molar-refractivity contribution in [2.45, 2.75) is 0 Å². The van der Waals surface area contributed by atoms with Crippen LogP contribution in [0.5, 0.6) is 0 Å². The molecule has 3 aromatic rings. The Hall–Kier alpha value is -2.60. The molecule has 0 radical (unpaired) electrons. The summed E-state index contributed by atoms with van der Waals surface area (Å²) in [6.45, 7) is 3.16. The van der Waals surface area contributed by atoms with Crippen LogP contribution in [0.15, 0.2) is 36.5 Å². The van der Waals surface area contributed by atoms with Crippen LogP contribution in [0.3, 0.4) is 0 Å². The fraction of sp³-hybridized carbons (Fsp3) is 0.294. The van der Waals surface area contributed by atoms with Crippen LogP contribution in [-0.2, 0) is 11.8 Å². The first-order chi connectivity index (χ1) is 11.2. The van der Waals surface area contributed by atoms with Crippen LogP contribution < -0.4 is 10.6 Å². The molecule has 0 saturated carbocycles. The molecule has 4 rings (SSSR count). The summed E-state index contributed by atoms with van der Waals surface area (Å²) in [6.07, 6.45) is 2.02. The molecular formula is C17H19N5O. The third-order valence-electron chi connectivity index (χ3n) is 4.18. The van der Waals surface area contributed by atoms with Gasteiger partial charge in [-0.25, -0.2) is 9.97 Å². The SMILES string of the molecule is Cn1ccc2c(N3CCOCC3)nc(-c3ccc(N)cc3)nc21. The van der Waals surface area contributed by atoms with E-state index < -0.39 is 0 Å². The van der Waals surface area contributed by atoms with E-state index in [1.165, 1.54) is 0 Å². The Morgan fingerprint density at radius 2 is 1.78 bits per heavy atom. The van der Waals surface area contributed by atoms with Crippen LogP contribution in [0, 0.1) is 0 Å². The van der Waals surface area contributed by atoms with Gasteiger partial charge in [0.1, 0.15) is 11.5 Å². The maximum atomic E-state index is 5.78. The number of nitrogen functional groups attached to an aromatic ring is 1. The van der Waals surface area contributed by atoms with Gasteiger partial charge in [-0.2, -0.15) is 0 Å². The number of morpholine rings is 1. The zero-order chi connectivity index (χ0) is 15.8. The Balaban J connectivity index is 1.88. The molecular weight excluding hydrogens is 290 g/mol. The first-order valence-corrected chi connectivity index (χ1v) is 7.74. The van der Waals surface area contributed by atoms with Gasteiger partial charge in [-0.3, -0.25) is 0 Å². The molecule has 1 aliphatic heterocycles. The molecule has 6 nitrogen and oxygen atoms in total. The van der Waals surface area contributed by atoms with E-state index in [4.69, 9.17) is 20.4 Å². The van der Waals surface area contributed by atoms with Crippen molar-refractivity contribution in [3.05, 3.63) is 36.5 Å². The summed E-state index contributed by atoms with van der Waals surface area (Å²) in [5.41, 5.74) is 8.43. The van der Waals surface area contributed by atoms with Crippen LogP contribution in [0.4, 0.5) is 11.5 Å². The van der Waals surface area contributed by atoms with Gasteiger partial charge < -0.3 is 19.9 Å². The van der Waals surface area contributed by atoms with Crippen LogP contribution >= 0.6 is 0 Å². The molecule has 3 heterocycles. The summed E-state index contributed by atoms with van der Waals surface area (Å²) in [4.78, 5) is 11.9. The Morgan fingerprint density at radius 1 is 1.04 bits per heavy atom. The van der Waals surface area contributed by atoms with Gasteiger partial charge in [0.05, 0.1) is 18.6 Å². The maximum absolute atomic E-state index is 5.78. The zero-order valence-electron chi connectivity index (χ0n) is 13.1. The molecule has 23 heavy (non-hydrogen) atoms. The predicted octanol–water partition coefficient (Wildman–Crippen LogP) is 2.05. The number of aromatic nitrogens is 3. The lowest BCUT2D eigenvalue weighted by atomic mass is 10.2. The Kier molecular flexibility index (Phi) is 3.38. The molecule has 0 atom stereocenters. The van der Waals surface area contributed by atoms with Crippen LogP contribution in [0.2, 0.25) is 0 Å². The van der Waals surface area contributed by atoms with Crippen molar-refractivity contribution in [2.75, 3.05) is 36.9 Å². The lowest BCUT2D eigenvalue weighted by molar-refractivity contribution is 0.122. The lowest BCUT2D eigenvalue weighted by Gasteiger charge is -2.28. The number of benzene rings is 1. The minimum absolute atomic E-state index is 0.723. The summed E-state index contributed by atoms with van der Waals surface area (Å²) < 4.78 is 7.49. The van der Waals surface area contributed by atoms with Gasteiger partial charge >= 0.3 is 0 Å². The monoisotopic (exact) mass is 309 g/mol.